The van der Waals surface area contributed by atoms with Crippen molar-refractivity contribution in [2.24, 2.45) is 0 Å². The number of para-hydroxylation sites is 1. The molecule has 0 unspecified atom stereocenters. The minimum absolute atomic E-state index is 0. The molecule has 1 aliphatic heterocycles. The van der Waals surface area contributed by atoms with Crippen LogP contribution in [0, 0.1) is 10.1 Å². The third-order valence-electron chi connectivity index (χ3n) is 4.06. The fraction of sp³-hybridized carbons (Fsp3) is 0.278. The number of benzene rings is 2. The molecule has 7 nitrogen and oxygen atoms in total. The van der Waals surface area contributed by atoms with Gasteiger partial charge in [-0.1, -0.05) is 18.2 Å². The number of nitrogens with one attached hydrogen (secondary N) is 2. The van der Waals surface area contributed by atoms with Crippen molar-refractivity contribution in [1.29, 1.82) is 0 Å². The normalized spacial score (nSPS) is 14.2. The summed E-state index contributed by atoms with van der Waals surface area (Å²) in [5.74, 6) is 0.497. The second-order valence-corrected chi connectivity index (χ2v) is 5.85. The Balaban J connectivity index is 0.00000243. The molecule has 0 saturated carbocycles. The van der Waals surface area contributed by atoms with Gasteiger partial charge in [-0.3, -0.25) is 14.9 Å². The van der Waals surface area contributed by atoms with Crippen molar-refractivity contribution in [3.05, 3.63) is 64.2 Å². The Hall–Kier alpha value is -2.64. The molecule has 1 heterocycles. The van der Waals surface area contributed by atoms with Gasteiger partial charge in [0, 0.05) is 18.2 Å². The molecule has 0 bridgehead atoms. The molecule has 0 atom stereocenters. The first-order chi connectivity index (χ1) is 12.1. The van der Waals surface area contributed by atoms with E-state index in [-0.39, 0.29) is 35.6 Å². The van der Waals surface area contributed by atoms with Gasteiger partial charge in [0.15, 0.2) is 0 Å². The summed E-state index contributed by atoms with van der Waals surface area (Å²) >= 11 is 0. The van der Waals surface area contributed by atoms with Gasteiger partial charge in [-0.05, 0) is 44.1 Å². The second kappa shape index (κ2) is 9.17. The number of rotatable bonds is 5. The van der Waals surface area contributed by atoms with E-state index in [1.165, 1.54) is 18.2 Å². The quantitative estimate of drug-likeness (QED) is 0.616. The highest BCUT2D eigenvalue weighted by Gasteiger charge is 2.22. The number of ether oxygens (including phenoxy) is 1. The van der Waals surface area contributed by atoms with Gasteiger partial charge in [0.05, 0.1) is 10.5 Å². The van der Waals surface area contributed by atoms with E-state index in [0.29, 0.717) is 11.5 Å². The van der Waals surface area contributed by atoms with Crippen LogP contribution in [0.5, 0.6) is 11.5 Å². The zero-order chi connectivity index (χ0) is 17.6. The van der Waals surface area contributed by atoms with Crippen molar-refractivity contribution >= 4 is 24.0 Å². The first-order valence-corrected chi connectivity index (χ1v) is 8.16. The van der Waals surface area contributed by atoms with E-state index < -0.39 is 4.92 Å². The molecule has 2 aromatic rings. The minimum Gasteiger partial charge on any atom is -0.457 e. The molecule has 0 aliphatic carbocycles. The number of nitro benzene ring substituents is 1. The van der Waals surface area contributed by atoms with Crippen LogP contribution in [0.3, 0.4) is 0 Å². The standard InChI is InChI=1S/C18H19N3O4.ClH/c22-18(20-13-8-10-19-11-9-13)16-12-14(21(23)24)6-7-17(16)25-15-4-2-1-3-5-15;/h1-7,12-13,19H,8-11H2,(H,20,22);1H. The van der Waals surface area contributed by atoms with E-state index in [0.717, 1.165) is 25.9 Å². The lowest BCUT2D eigenvalue weighted by atomic mass is 10.1. The van der Waals surface area contributed by atoms with Crippen LogP contribution >= 0.6 is 12.4 Å². The molecule has 2 aromatic carbocycles. The number of carbonyl (C=O) groups is 1. The molecule has 0 spiro atoms. The van der Waals surface area contributed by atoms with Crippen LogP contribution in [0.25, 0.3) is 0 Å². The first-order valence-electron chi connectivity index (χ1n) is 8.16. The van der Waals surface area contributed by atoms with Crippen LogP contribution in [-0.2, 0) is 0 Å². The van der Waals surface area contributed by atoms with E-state index in [2.05, 4.69) is 10.6 Å². The van der Waals surface area contributed by atoms with Gasteiger partial charge in [0.1, 0.15) is 11.5 Å². The van der Waals surface area contributed by atoms with Crippen LogP contribution in [-0.4, -0.2) is 30.0 Å². The maximum atomic E-state index is 12.7. The number of hydrogen-bond donors (Lipinski definition) is 2. The Morgan fingerprint density at radius 1 is 1.15 bits per heavy atom. The van der Waals surface area contributed by atoms with E-state index >= 15 is 0 Å². The molecular formula is C18H20ClN3O4. The van der Waals surface area contributed by atoms with Crippen molar-refractivity contribution in [2.75, 3.05) is 13.1 Å². The van der Waals surface area contributed by atoms with E-state index in [4.69, 9.17) is 4.74 Å². The van der Waals surface area contributed by atoms with Crippen LogP contribution in [0.2, 0.25) is 0 Å². The highest BCUT2D eigenvalue weighted by Crippen LogP contribution is 2.29. The number of nitrogens with zero attached hydrogens (tertiary/aromatic N) is 1. The molecule has 26 heavy (non-hydrogen) atoms. The molecule has 1 amide bonds. The molecular weight excluding hydrogens is 358 g/mol. The average Bonchev–Trinajstić information content (AvgIpc) is 2.63. The average molecular weight is 378 g/mol. The highest BCUT2D eigenvalue weighted by atomic mass is 35.5. The summed E-state index contributed by atoms with van der Waals surface area (Å²) in [6.45, 7) is 1.68. The third-order valence-corrected chi connectivity index (χ3v) is 4.06. The Labute approximate surface area is 157 Å². The fourth-order valence-corrected chi connectivity index (χ4v) is 2.74. The largest absolute Gasteiger partial charge is 0.457 e. The number of piperidine rings is 1. The molecule has 3 rings (SSSR count). The summed E-state index contributed by atoms with van der Waals surface area (Å²) < 4.78 is 5.76. The molecule has 1 aliphatic rings. The minimum atomic E-state index is -0.520. The van der Waals surface area contributed by atoms with E-state index in [1.54, 1.807) is 12.1 Å². The van der Waals surface area contributed by atoms with Crippen LogP contribution in [0.4, 0.5) is 5.69 Å². The molecule has 1 saturated heterocycles. The van der Waals surface area contributed by atoms with Gasteiger partial charge in [0.2, 0.25) is 0 Å². The van der Waals surface area contributed by atoms with Gasteiger partial charge < -0.3 is 15.4 Å². The Bertz CT molecular complexity index is 764. The molecule has 0 radical (unpaired) electrons. The third kappa shape index (κ3) is 4.93. The van der Waals surface area contributed by atoms with Crippen molar-refractivity contribution in [3.8, 4) is 11.5 Å². The van der Waals surface area contributed by atoms with Gasteiger partial charge in [0.25, 0.3) is 11.6 Å². The topological polar surface area (TPSA) is 93.5 Å². The second-order valence-electron chi connectivity index (χ2n) is 5.85. The smallest absolute Gasteiger partial charge is 0.270 e. The maximum Gasteiger partial charge on any atom is 0.270 e. The molecule has 8 heteroatoms. The number of hydrogen-bond acceptors (Lipinski definition) is 5. The lowest BCUT2D eigenvalue weighted by Crippen LogP contribution is -2.42. The lowest BCUT2D eigenvalue weighted by Gasteiger charge is -2.24. The van der Waals surface area contributed by atoms with Gasteiger partial charge in [-0.15, -0.1) is 12.4 Å². The zero-order valence-corrected chi connectivity index (χ0v) is 14.8. The summed E-state index contributed by atoms with van der Waals surface area (Å²) in [5, 5.41) is 17.2. The number of halogens is 1. The predicted octanol–water partition coefficient (Wildman–Crippen LogP) is 3.29. The summed E-state index contributed by atoms with van der Waals surface area (Å²) in [6, 6.07) is 13.1. The van der Waals surface area contributed by atoms with Crippen molar-refractivity contribution in [2.45, 2.75) is 18.9 Å². The van der Waals surface area contributed by atoms with Crippen LogP contribution in [0.1, 0.15) is 23.2 Å². The summed E-state index contributed by atoms with van der Waals surface area (Å²) in [4.78, 5) is 23.2. The van der Waals surface area contributed by atoms with Crippen molar-refractivity contribution in [1.82, 2.24) is 10.6 Å². The first kappa shape index (κ1) is 19.7. The molecule has 2 N–H and O–H groups in total. The SMILES string of the molecule is Cl.O=C(NC1CCNCC1)c1cc([N+](=O)[O-])ccc1Oc1ccccc1. The number of amides is 1. The summed E-state index contributed by atoms with van der Waals surface area (Å²) in [6.07, 6.45) is 1.66. The number of non-ortho nitro benzene ring substituents is 1. The van der Waals surface area contributed by atoms with Gasteiger partial charge in [-0.25, -0.2) is 0 Å². The maximum absolute atomic E-state index is 12.7. The van der Waals surface area contributed by atoms with Crippen LogP contribution in [0.15, 0.2) is 48.5 Å². The van der Waals surface area contributed by atoms with E-state index in [9.17, 15) is 14.9 Å². The van der Waals surface area contributed by atoms with E-state index in [1.807, 2.05) is 18.2 Å². The van der Waals surface area contributed by atoms with Gasteiger partial charge in [-0.2, -0.15) is 0 Å². The number of carbonyl (C=O) groups excluding carboxylic acids is 1. The monoisotopic (exact) mass is 377 g/mol. The Morgan fingerprint density at radius 3 is 2.50 bits per heavy atom. The summed E-state index contributed by atoms with van der Waals surface area (Å²) in [5.41, 5.74) is 0.0208. The zero-order valence-electron chi connectivity index (χ0n) is 14.0. The Morgan fingerprint density at radius 2 is 1.85 bits per heavy atom. The van der Waals surface area contributed by atoms with Gasteiger partial charge >= 0.3 is 0 Å². The van der Waals surface area contributed by atoms with Crippen LogP contribution < -0.4 is 15.4 Å². The lowest BCUT2D eigenvalue weighted by molar-refractivity contribution is -0.384. The highest BCUT2D eigenvalue weighted by molar-refractivity contribution is 5.97. The number of nitro groups is 1. The molecule has 0 aromatic heterocycles. The Kier molecular flexibility index (Phi) is 6.94. The van der Waals surface area contributed by atoms with Crippen molar-refractivity contribution < 1.29 is 14.5 Å². The molecule has 1 fully saturated rings. The molecule has 138 valence electrons. The van der Waals surface area contributed by atoms with Crippen molar-refractivity contribution in [3.63, 3.8) is 0 Å². The fourth-order valence-electron chi connectivity index (χ4n) is 2.74. The summed E-state index contributed by atoms with van der Waals surface area (Å²) in [7, 11) is 0. The predicted molar refractivity (Wildman–Crippen MR) is 100 cm³/mol.